The summed E-state index contributed by atoms with van der Waals surface area (Å²) >= 11 is 0. The zero-order valence-corrected chi connectivity index (χ0v) is 16.3. The maximum Gasteiger partial charge on any atom is 0.255 e. The fourth-order valence-corrected chi connectivity index (χ4v) is 4.47. The predicted octanol–water partition coefficient (Wildman–Crippen LogP) is 4.27. The van der Waals surface area contributed by atoms with Gasteiger partial charge < -0.3 is 4.90 Å². The van der Waals surface area contributed by atoms with Crippen LogP contribution in [0, 0.1) is 0 Å². The van der Waals surface area contributed by atoms with Gasteiger partial charge in [0.05, 0.1) is 0 Å². The molecular weight excluding hydrogens is 362 g/mol. The van der Waals surface area contributed by atoms with Gasteiger partial charge in [-0.05, 0) is 31.5 Å². The van der Waals surface area contributed by atoms with Crippen molar-refractivity contribution in [2.75, 3.05) is 0 Å². The summed E-state index contributed by atoms with van der Waals surface area (Å²) in [6.07, 6.45) is 0. The molecule has 0 spiro atoms. The van der Waals surface area contributed by atoms with Crippen molar-refractivity contribution in [3.05, 3.63) is 108 Å². The largest absolute Gasteiger partial charge is 0.303 e. The average molecular weight is 383 g/mol. The van der Waals surface area contributed by atoms with Gasteiger partial charge in [-0.1, -0.05) is 78.9 Å². The fraction of sp³-hybridized carbons (Fsp3) is 0.160. The number of hydrogen-bond donors (Lipinski definition) is 0. The molecule has 3 aromatic carbocycles. The highest BCUT2D eigenvalue weighted by molar-refractivity contribution is 6.19. The monoisotopic (exact) mass is 383 g/mol. The summed E-state index contributed by atoms with van der Waals surface area (Å²) in [6.45, 7) is 3.14. The van der Waals surface area contributed by atoms with Crippen LogP contribution < -0.4 is 0 Å². The quantitative estimate of drug-likeness (QED) is 0.488. The lowest BCUT2D eigenvalue weighted by atomic mass is 9.80. The van der Waals surface area contributed by atoms with Gasteiger partial charge in [0, 0.05) is 11.1 Å². The summed E-state index contributed by atoms with van der Waals surface area (Å²) in [4.78, 5) is 41.6. The number of rotatable bonds is 5. The van der Waals surface area contributed by atoms with Crippen LogP contribution in [0.1, 0.15) is 40.1 Å². The van der Waals surface area contributed by atoms with Crippen molar-refractivity contribution >= 4 is 17.5 Å². The van der Waals surface area contributed by atoms with Gasteiger partial charge in [-0.2, -0.15) is 0 Å². The van der Waals surface area contributed by atoms with Crippen LogP contribution in [0.3, 0.4) is 0 Å². The molecule has 0 aromatic heterocycles. The molecule has 0 N–H and O–H groups in total. The highest BCUT2D eigenvalue weighted by atomic mass is 16.2. The zero-order valence-electron chi connectivity index (χ0n) is 16.3. The number of hydrogen-bond acceptors (Lipinski definition) is 3. The van der Waals surface area contributed by atoms with E-state index in [1.54, 1.807) is 67.6 Å². The highest BCUT2D eigenvalue weighted by Gasteiger charge is 2.81. The van der Waals surface area contributed by atoms with E-state index in [1.165, 1.54) is 11.8 Å². The summed E-state index contributed by atoms with van der Waals surface area (Å²) < 4.78 is 0. The molecule has 0 bridgehead atoms. The minimum atomic E-state index is -1.34. The van der Waals surface area contributed by atoms with Gasteiger partial charge in [-0.3, -0.25) is 14.4 Å². The Morgan fingerprint density at radius 3 is 1.62 bits per heavy atom. The third-order valence-corrected chi connectivity index (χ3v) is 5.84. The third kappa shape index (κ3) is 2.56. The Bertz CT molecular complexity index is 1080. The fourth-order valence-electron chi connectivity index (χ4n) is 4.47. The molecule has 1 fully saturated rings. The maximum absolute atomic E-state index is 13.6. The van der Waals surface area contributed by atoms with E-state index in [-0.39, 0.29) is 17.5 Å². The Hall–Kier alpha value is -3.53. The number of carbonyl (C=O) groups excluding carboxylic acids is 3. The molecule has 1 aliphatic heterocycles. The van der Waals surface area contributed by atoms with E-state index >= 15 is 0 Å². The first kappa shape index (κ1) is 18.8. The number of Topliss-reactive ketones (excluding diaryl/α,β-unsaturated/α-hetero) is 2. The molecule has 1 saturated heterocycles. The van der Waals surface area contributed by atoms with Gasteiger partial charge in [0.25, 0.3) is 5.91 Å². The minimum Gasteiger partial charge on any atom is -0.303 e. The molecule has 0 aliphatic carbocycles. The van der Waals surface area contributed by atoms with Crippen LogP contribution in [0.15, 0.2) is 91.0 Å². The number of nitrogens with zero attached hydrogens (tertiary/aromatic N) is 1. The molecule has 3 aromatic rings. The van der Waals surface area contributed by atoms with Gasteiger partial charge in [-0.25, -0.2) is 0 Å². The molecule has 144 valence electrons. The first-order valence-electron chi connectivity index (χ1n) is 9.52. The van der Waals surface area contributed by atoms with Crippen molar-refractivity contribution in [3.8, 4) is 0 Å². The van der Waals surface area contributed by atoms with Gasteiger partial charge in [-0.15, -0.1) is 0 Å². The van der Waals surface area contributed by atoms with E-state index in [0.717, 1.165) is 0 Å². The molecule has 1 heterocycles. The van der Waals surface area contributed by atoms with Crippen molar-refractivity contribution in [2.45, 2.75) is 24.9 Å². The summed E-state index contributed by atoms with van der Waals surface area (Å²) in [6, 6.07) is 26.7. The first-order valence-corrected chi connectivity index (χ1v) is 9.52. The Kier molecular flexibility index (Phi) is 4.42. The first-order chi connectivity index (χ1) is 14.0. The predicted molar refractivity (Wildman–Crippen MR) is 111 cm³/mol. The number of amides is 1. The molecule has 4 rings (SSSR count). The van der Waals surface area contributed by atoms with Crippen molar-refractivity contribution in [2.24, 2.45) is 0 Å². The summed E-state index contributed by atoms with van der Waals surface area (Å²) in [5.41, 5.74) is -1.09. The van der Waals surface area contributed by atoms with Crippen LogP contribution in [0.25, 0.3) is 0 Å². The third-order valence-electron chi connectivity index (χ3n) is 5.84. The molecule has 0 radical (unpaired) electrons. The van der Waals surface area contributed by atoms with Crippen molar-refractivity contribution < 1.29 is 14.4 Å². The van der Waals surface area contributed by atoms with Gasteiger partial charge in [0.2, 0.25) is 0 Å². The van der Waals surface area contributed by atoms with E-state index in [1.807, 2.05) is 30.3 Å². The summed E-state index contributed by atoms with van der Waals surface area (Å²) in [7, 11) is 0. The van der Waals surface area contributed by atoms with Crippen molar-refractivity contribution in [1.29, 1.82) is 0 Å². The summed E-state index contributed by atoms with van der Waals surface area (Å²) in [5, 5.41) is 0. The average Bonchev–Trinajstić information content (AvgIpc) is 3.36. The zero-order chi connectivity index (χ0) is 20.6. The molecule has 0 saturated carbocycles. The topological polar surface area (TPSA) is 54.2 Å². The van der Waals surface area contributed by atoms with Crippen LogP contribution in [-0.4, -0.2) is 27.9 Å². The number of benzene rings is 3. The lowest BCUT2D eigenvalue weighted by Gasteiger charge is -2.16. The number of ketones is 2. The van der Waals surface area contributed by atoms with E-state index in [0.29, 0.717) is 16.7 Å². The van der Waals surface area contributed by atoms with Gasteiger partial charge in [0.1, 0.15) is 5.54 Å². The standard InChI is InChI=1S/C25H21NO3/c1-18(27)25(21-16-10-5-11-17-21)24(2,22(28)19-12-6-3-7-13-19)26(25)23(29)20-14-8-4-9-15-20/h3-17H,1-2H3/t24-,25-,26?/m0/s1. The Morgan fingerprint density at radius 2 is 1.14 bits per heavy atom. The minimum absolute atomic E-state index is 0.236. The smallest absolute Gasteiger partial charge is 0.255 e. The molecule has 1 amide bonds. The van der Waals surface area contributed by atoms with E-state index in [9.17, 15) is 14.4 Å². The SMILES string of the molecule is CC(=O)[C@@]1(c2ccccc2)N(C(=O)c2ccccc2)[C@@]1(C)C(=O)c1ccccc1. The van der Waals surface area contributed by atoms with Crippen molar-refractivity contribution in [3.63, 3.8) is 0 Å². The van der Waals surface area contributed by atoms with Crippen LogP contribution in [0.4, 0.5) is 0 Å². The van der Waals surface area contributed by atoms with Crippen molar-refractivity contribution in [1.82, 2.24) is 4.90 Å². The molecule has 1 aliphatic rings. The van der Waals surface area contributed by atoms with Crippen LogP contribution in [0.2, 0.25) is 0 Å². The number of carbonyl (C=O) groups is 3. The molecule has 29 heavy (non-hydrogen) atoms. The van der Waals surface area contributed by atoms with Crippen LogP contribution >= 0.6 is 0 Å². The Morgan fingerprint density at radius 1 is 0.690 bits per heavy atom. The Balaban J connectivity index is 1.92. The molecule has 4 heteroatoms. The molecular formula is C25H21NO3. The molecule has 0 unspecified atom stereocenters. The Labute approximate surface area is 169 Å². The van der Waals surface area contributed by atoms with Crippen LogP contribution in [0.5, 0.6) is 0 Å². The highest BCUT2D eigenvalue weighted by Crippen LogP contribution is 2.61. The van der Waals surface area contributed by atoms with Gasteiger partial charge in [0.15, 0.2) is 17.1 Å². The lowest BCUT2D eigenvalue weighted by molar-refractivity contribution is -0.120. The van der Waals surface area contributed by atoms with Gasteiger partial charge >= 0.3 is 0 Å². The normalized spacial score (nSPS) is 22.8. The van der Waals surface area contributed by atoms with Crippen LogP contribution in [-0.2, 0) is 10.3 Å². The second-order valence-corrected chi connectivity index (χ2v) is 7.41. The summed E-state index contributed by atoms with van der Waals surface area (Å²) in [5.74, 6) is -0.822. The van der Waals surface area contributed by atoms with E-state index < -0.39 is 11.1 Å². The van der Waals surface area contributed by atoms with E-state index in [2.05, 4.69) is 0 Å². The molecule has 2 atom stereocenters. The molecule has 4 nitrogen and oxygen atoms in total. The lowest BCUT2D eigenvalue weighted by Crippen LogP contribution is -2.34. The van der Waals surface area contributed by atoms with E-state index in [4.69, 9.17) is 0 Å². The maximum atomic E-state index is 13.6. The second kappa shape index (κ2) is 6.82. The second-order valence-electron chi connectivity index (χ2n) is 7.41.